The fourth-order valence-electron chi connectivity index (χ4n) is 3.02. The molecule has 0 unspecified atom stereocenters. The Balaban J connectivity index is 0.000000204. The lowest BCUT2D eigenvalue weighted by Gasteiger charge is -2.07. The first kappa shape index (κ1) is 23.0. The van der Waals surface area contributed by atoms with Crippen LogP contribution in [0.15, 0.2) is 77.0 Å². The number of pyridine rings is 2. The van der Waals surface area contributed by atoms with Crippen LogP contribution >= 0.6 is 11.6 Å². The van der Waals surface area contributed by atoms with E-state index in [-0.39, 0.29) is 5.43 Å². The molecule has 0 N–H and O–H groups in total. The van der Waals surface area contributed by atoms with Crippen LogP contribution in [0.3, 0.4) is 0 Å². The number of aliphatic imine (C=N–C) groups is 1. The number of aryl methyl sites for hydroxylation is 2. The maximum Gasteiger partial charge on any atom is 0.207 e. The smallest absolute Gasteiger partial charge is 0.207 e. The average molecular weight is 446 g/mol. The molecule has 32 heavy (non-hydrogen) atoms. The van der Waals surface area contributed by atoms with E-state index in [1.807, 2.05) is 44.2 Å². The second-order valence-electron chi connectivity index (χ2n) is 7.24. The lowest BCUT2D eigenvalue weighted by Crippen LogP contribution is -2.15. The summed E-state index contributed by atoms with van der Waals surface area (Å²) in [5, 5.41) is 6.28. The molecule has 0 aliphatic rings. The summed E-state index contributed by atoms with van der Waals surface area (Å²) in [5.41, 5.74) is 5.13. The minimum Gasteiger partial charge on any atom is -0.297 e. The van der Waals surface area contributed by atoms with E-state index in [9.17, 15) is 4.79 Å². The van der Waals surface area contributed by atoms with Gasteiger partial charge in [-0.2, -0.15) is 5.10 Å². The molecule has 0 radical (unpaired) electrons. The van der Waals surface area contributed by atoms with Crippen molar-refractivity contribution in [2.24, 2.45) is 4.99 Å². The second-order valence-corrected chi connectivity index (χ2v) is 7.68. The molecule has 4 rings (SSSR count). The zero-order chi connectivity index (χ0) is 23.1. The summed E-state index contributed by atoms with van der Waals surface area (Å²) < 4.78 is 1.65. The standard InChI is InChI=1S/C15H16N4O.C10H8ClN/c1-11-8-13(10-17-9-11)19-7-5-14(20)15(18-19)12(2)4-6-16-3;1-7-4-5-12-10-6-8(11)2-3-9(7)10/h4-10H,1-3H3;2-6H,1H3/b12-4+,16-6?;. The molecule has 162 valence electrons. The lowest BCUT2D eigenvalue weighted by molar-refractivity contribution is 0.819. The largest absolute Gasteiger partial charge is 0.297 e. The van der Waals surface area contributed by atoms with Crippen LogP contribution in [0.4, 0.5) is 0 Å². The number of aromatic nitrogens is 4. The highest BCUT2D eigenvalue weighted by atomic mass is 35.5. The van der Waals surface area contributed by atoms with Crippen LogP contribution in [0.2, 0.25) is 5.02 Å². The number of fused-ring (bicyclic) bond motifs is 1. The number of halogens is 1. The molecule has 7 heteroatoms. The Morgan fingerprint density at radius 3 is 2.69 bits per heavy atom. The van der Waals surface area contributed by atoms with E-state index in [0.717, 1.165) is 27.4 Å². The van der Waals surface area contributed by atoms with Crippen molar-refractivity contribution < 1.29 is 0 Å². The molecule has 0 amide bonds. The summed E-state index contributed by atoms with van der Waals surface area (Å²) >= 11 is 5.83. The van der Waals surface area contributed by atoms with E-state index in [1.165, 1.54) is 17.0 Å². The Kier molecular flexibility index (Phi) is 7.63. The highest BCUT2D eigenvalue weighted by Gasteiger charge is 2.06. The second kappa shape index (κ2) is 10.6. The van der Waals surface area contributed by atoms with Gasteiger partial charge in [-0.25, -0.2) is 4.68 Å². The minimum absolute atomic E-state index is 0.111. The Labute approximate surface area is 192 Å². The van der Waals surface area contributed by atoms with Crippen LogP contribution in [-0.4, -0.2) is 33.0 Å². The van der Waals surface area contributed by atoms with Gasteiger partial charge in [-0.05, 0) is 67.8 Å². The van der Waals surface area contributed by atoms with Gasteiger partial charge in [0.05, 0.1) is 17.4 Å². The number of nitrogens with zero attached hydrogens (tertiary/aromatic N) is 5. The van der Waals surface area contributed by atoms with Gasteiger partial charge in [0, 0.05) is 48.3 Å². The normalized spacial score (nSPS) is 11.5. The predicted octanol–water partition coefficient (Wildman–Crippen LogP) is 5.24. The summed E-state index contributed by atoms with van der Waals surface area (Å²) in [4.78, 5) is 24.1. The van der Waals surface area contributed by atoms with Crippen molar-refractivity contribution in [3.05, 3.63) is 99.3 Å². The van der Waals surface area contributed by atoms with E-state index in [4.69, 9.17) is 11.6 Å². The Bertz CT molecular complexity index is 1360. The first-order chi connectivity index (χ1) is 15.4. The molecule has 0 spiro atoms. The van der Waals surface area contributed by atoms with E-state index >= 15 is 0 Å². The molecular weight excluding hydrogens is 422 g/mol. The lowest BCUT2D eigenvalue weighted by atomic mass is 10.1. The summed E-state index contributed by atoms with van der Waals surface area (Å²) in [5.74, 6) is 0. The average Bonchev–Trinajstić information content (AvgIpc) is 2.78. The highest BCUT2D eigenvalue weighted by molar-refractivity contribution is 6.31. The van der Waals surface area contributed by atoms with Crippen molar-refractivity contribution in [3.63, 3.8) is 0 Å². The number of allylic oxidation sites excluding steroid dienone is 2. The zero-order valence-corrected chi connectivity index (χ0v) is 19.2. The van der Waals surface area contributed by atoms with Gasteiger partial charge in [0.1, 0.15) is 5.69 Å². The molecule has 6 nitrogen and oxygen atoms in total. The van der Waals surface area contributed by atoms with E-state index in [2.05, 4.69) is 27.0 Å². The third-order valence-corrected chi connectivity index (χ3v) is 4.94. The first-order valence-electron chi connectivity index (χ1n) is 10.0. The quantitative estimate of drug-likeness (QED) is 0.404. The van der Waals surface area contributed by atoms with Gasteiger partial charge in [0.2, 0.25) is 5.43 Å². The Hall–Kier alpha value is -3.64. The van der Waals surface area contributed by atoms with Crippen molar-refractivity contribution in [1.82, 2.24) is 19.7 Å². The van der Waals surface area contributed by atoms with Crippen molar-refractivity contribution in [1.29, 1.82) is 0 Å². The summed E-state index contributed by atoms with van der Waals surface area (Å²) in [6.45, 7) is 5.87. The number of hydrogen-bond donors (Lipinski definition) is 0. The predicted molar refractivity (Wildman–Crippen MR) is 132 cm³/mol. The Morgan fingerprint density at radius 2 is 1.94 bits per heavy atom. The molecule has 0 saturated carbocycles. The molecule has 0 aliphatic heterocycles. The molecule has 3 heterocycles. The van der Waals surface area contributed by atoms with Gasteiger partial charge >= 0.3 is 0 Å². The Morgan fingerprint density at radius 1 is 1.12 bits per heavy atom. The zero-order valence-electron chi connectivity index (χ0n) is 18.5. The van der Waals surface area contributed by atoms with Gasteiger partial charge in [0.15, 0.2) is 0 Å². The first-order valence-corrected chi connectivity index (χ1v) is 10.4. The molecule has 0 fully saturated rings. The van der Waals surface area contributed by atoms with Gasteiger partial charge in [-0.15, -0.1) is 0 Å². The molecule has 0 aliphatic carbocycles. The monoisotopic (exact) mass is 445 g/mol. The van der Waals surface area contributed by atoms with Crippen molar-refractivity contribution >= 4 is 34.3 Å². The van der Waals surface area contributed by atoms with E-state index in [1.54, 1.807) is 48.8 Å². The van der Waals surface area contributed by atoms with Crippen LogP contribution in [0.25, 0.3) is 22.2 Å². The summed E-state index contributed by atoms with van der Waals surface area (Å²) in [6.07, 6.45) is 10.3. The molecule has 4 aromatic rings. The maximum absolute atomic E-state index is 11.9. The van der Waals surface area contributed by atoms with Crippen LogP contribution in [0.5, 0.6) is 0 Å². The van der Waals surface area contributed by atoms with Crippen molar-refractivity contribution in [2.75, 3.05) is 7.05 Å². The van der Waals surface area contributed by atoms with Crippen molar-refractivity contribution in [3.8, 4) is 5.69 Å². The van der Waals surface area contributed by atoms with E-state index in [0.29, 0.717) is 5.69 Å². The van der Waals surface area contributed by atoms with Crippen LogP contribution < -0.4 is 5.43 Å². The molecule has 1 aromatic carbocycles. The number of benzene rings is 1. The van der Waals surface area contributed by atoms with Crippen molar-refractivity contribution in [2.45, 2.75) is 20.8 Å². The molecule has 3 aromatic heterocycles. The van der Waals surface area contributed by atoms with Gasteiger partial charge in [-0.3, -0.25) is 19.8 Å². The highest BCUT2D eigenvalue weighted by Crippen LogP contribution is 2.19. The summed E-state index contributed by atoms with van der Waals surface area (Å²) in [6, 6.07) is 11.2. The third kappa shape index (κ3) is 5.74. The fourth-order valence-corrected chi connectivity index (χ4v) is 3.18. The topological polar surface area (TPSA) is 73.0 Å². The van der Waals surface area contributed by atoms with E-state index < -0.39 is 0 Å². The van der Waals surface area contributed by atoms with Crippen LogP contribution in [0, 0.1) is 13.8 Å². The number of hydrogen-bond acceptors (Lipinski definition) is 5. The SMILES string of the molecule is CN=C/C=C(\C)c1nn(-c2cncc(C)c2)ccc1=O.Cc1ccnc2cc(Cl)ccc12. The minimum atomic E-state index is -0.111. The number of rotatable bonds is 3. The van der Waals surface area contributed by atoms with Gasteiger partial charge in [-0.1, -0.05) is 17.7 Å². The molecule has 0 saturated heterocycles. The fraction of sp³-hybridized carbons (Fsp3) is 0.160. The molecular formula is C25H24ClN5O. The molecule has 0 atom stereocenters. The molecule has 0 bridgehead atoms. The maximum atomic E-state index is 11.9. The van der Waals surface area contributed by atoms with Crippen LogP contribution in [-0.2, 0) is 0 Å². The summed E-state index contributed by atoms with van der Waals surface area (Å²) in [7, 11) is 1.68. The van der Waals surface area contributed by atoms with Gasteiger partial charge < -0.3 is 0 Å². The third-order valence-electron chi connectivity index (χ3n) is 4.70. The van der Waals surface area contributed by atoms with Crippen LogP contribution in [0.1, 0.15) is 23.7 Å². The van der Waals surface area contributed by atoms with Gasteiger partial charge in [0.25, 0.3) is 0 Å².